The molecule has 0 N–H and O–H groups in total. The lowest BCUT2D eigenvalue weighted by molar-refractivity contribution is 0.521. The molecule has 0 amide bonds. The highest BCUT2D eigenvalue weighted by Gasteiger charge is 2.38. The second kappa shape index (κ2) is 6.68. The minimum atomic E-state index is -1.45. The lowest BCUT2D eigenvalue weighted by atomic mass is 10.2. The van der Waals surface area contributed by atoms with Gasteiger partial charge in [0.15, 0.2) is 0 Å². The van der Waals surface area contributed by atoms with E-state index in [2.05, 4.69) is 72.8 Å². The summed E-state index contributed by atoms with van der Waals surface area (Å²) >= 11 is 0. The van der Waals surface area contributed by atoms with Crippen molar-refractivity contribution in [2.75, 3.05) is 0 Å². The summed E-state index contributed by atoms with van der Waals surface area (Å²) in [5.41, 5.74) is 0. The van der Waals surface area contributed by atoms with Crippen molar-refractivity contribution in [3.63, 3.8) is 0 Å². The van der Waals surface area contributed by atoms with E-state index < -0.39 is 23.5 Å². The zero-order valence-electron chi connectivity index (χ0n) is 15.0. The third-order valence-corrected chi connectivity index (χ3v) is 47.6. The lowest BCUT2D eigenvalue weighted by Gasteiger charge is -2.36. The van der Waals surface area contributed by atoms with Crippen LogP contribution in [0.3, 0.4) is 0 Å². The Kier molecular flexibility index (Phi) is 6.94. The fourth-order valence-electron chi connectivity index (χ4n) is 2.24. The van der Waals surface area contributed by atoms with Crippen LogP contribution in [0.2, 0.25) is 58.9 Å². The molecule has 0 bridgehead atoms. The van der Waals surface area contributed by atoms with E-state index in [1.807, 2.05) is 0 Å². The average Bonchev–Trinajstić information content (AvgIpc) is 2.05. The van der Waals surface area contributed by atoms with Gasteiger partial charge in [0.1, 0.15) is 0 Å². The molecule has 0 spiro atoms. The topological polar surface area (TPSA) is 9.23 Å². The monoisotopic (exact) mass is 346 g/mol. The van der Waals surface area contributed by atoms with Gasteiger partial charge in [0, 0.05) is 35.1 Å². The van der Waals surface area contributed by atoms with E-state index in [1.54, 1.807) is 0 Å². The molecule has 19 heavy (non-hydrogen) atoms. The molecule has 0 aliphatic heterocycles. The van der Waals surface area contributed by atoms with Gasteiger partial charge in [0.05, 0.1) is 7.35 Å². The van der Waals surface area contributed by atoms with Gasteiger partial charge < -0.3 is 4.43 Å². The Morgan fingerprint density at radius 3 is 1.42 bits per heavy atom. The Balaban J connectivity index is 5.50. The van der Waals surface area contributed by atoms with Crippen molar-refractivity contribution in [2.24, 2.45) is 5.92 Å². The van der Waals surface area contributed by atoms with Crippen LogP contribution in [-0.2, 0) is 4.43 Å². The third kappa shape index (κ3) is 7.94. The van der Waals surface area contributed by atoms with E-state index in [0.29, 0.717) is 5.92 Å². The Hall–Kier alpha value is 0.754. The van der Waals surface area contributed by atoms with Crippen molar-refractivity contribution < 1.29 is 4.43 Å². The summed E-state index contributed by atoms with van der Waals surface area (Å²) < 4.78 is 6.46. The first-order valence-corrected chi connectivity index (χ1v) is 23.3. The maximum atomic E-state index is 6.46. The summed E-state index contributed by atoms with van der Waals surface area (Å²) in [5, 5.41) is 1.46. The van der Waals surface area contributed by atoms with Crippen molar-refractivity contribution in [1.29, 1.82) is 0 Å². The second-order valence-electron chi connectivity index (χ2n) is 8.73. The lowest BCUT2D eigenvalue weighted by Crippen LogP contribution is -2.62. The molecular formula is C13H34OSi5. The van der Waals surface area contributed by atoms with Crippen LogP contribution in [0.15, 0.2) is 0 Å². The third-order valence-electron chi connectivity index (χ3n) is 2.69. The van der Waals surface area contributed by atoms with Crippen LogP contribution in [-0.4, -0.2) is 44.9 Å². The van der Waals surface area contributed by atoms with Crippen LogP contribution < -0.4 is 0 Å². The van der Waals surface area contributed by atoms with Gasteiger partial charge in [-0.2, -0.15) is 0 Å². The predicted molar refractivity (Wildman–Crippen MR) is 102 cm³/mol. The molecule has 0 saturated carbocycles. The fraction of sp³-hybridized carbons (Fsp3) is 0.923. The smallest absolute Gasteiger partial charge is 0.241 e. The molecule has 0 unspecified atom stereocenters. The minimum Gasteiger partial charge on any atom is -0.552 e. The zero-order valence-corrected chi connectivity index (χ0v) is 20.0. The van der Waals surface area contributed by atoms with Gasteiger partial charge in [-0.1, -0.05) is 53.1 Å². The predicted octanol–water partition coefficient (Wildman–Crippen LogP) is 4.15. The van der Waals surface area contributed by atoms with Gasteiger partial charge in [0.25, 0.3) is 0 Å². The summed E-state index contributed by atoms with van der Waals surface area (Å²) in [6.07, 6.45) is 0. The van der Waals surface area contributed by atoms with Crippen molar-refractivity contribution >= 4 is 44.9 Å². The van der Waals surface area contributed by atoms with Crippen molar-refractivity contribution in [3.05, 3.63) is 0 Å². The van der Waals surface area contributed by atoms with Crippen molar-refractivity contribution in [3.8, 4) is 0 Å². The van der Waals surface area contributed by atoms with Gasteiger partial charge in [-0.15, -0.1) is 0 Å². The molecule has 1 nitrogen and oxygen atoms in total. The van der Waals surface area contributed by atoms with E-state index in [9.17, 15) is 0 Å². The summed E-state index contributed by atoms with van der Waals surface area (Å²) in [6.45, 7) is 27.1. The molecule has 2 radical (unpaired) electrons. The minimum absolute atomic E-state index is 0.225. The van der Waals surface area contributed by atoms with E-state index >= 15 is 0 Å². The number of rotatable bonds is 6. The SMILES string of the molecule is CC(C)C(O[Si](C)(C)C)=[Si][Si]([Si](C)(C)C)[Si](C)(C)C. The van der Waals surface area contributed by atoms with Crippen LogP contribution in [0.1, 0.15) is 13.8 Å². The van der Waals surface area contributed by atoms with Gasteiger partial charge in [-0.3, -0.25) is 0 Å². The molecule has 0 atom stereocenters. The molecule has 0 aliphatic carbocycles. The molecule has 0 heterocycles. The molecule has 0 rings (SSSR count). The van der Waals surface area contributed by atoms with Gasteiger partial charge in [0.2, 0.25) is 8.32 Å². The van der Waals surface area contributed by atoms with E-state index in [0.717, 1.165) is 8.65 Å². The standard InChI is InChI=1S/C13H34OSi5/c1-12(2)13(14-17(3,4)5)15-16(18(6,7)8)19(9,10)11/h12H,1-11H3. The first-order valence-electron chi connectivity index (χ1n) is 7.35. The quantitative estimate of drug-likeness (QED) is 0.656. The van der Waals surface area contributed by atoms with Crippen molar-refractivity contribution in [1.82, 2.24) is 0 Å². The molecule has 0 aromatic carbocycles. The summed E-state index contributed by atoms with van der Waals surface area (Å²) in [7, 11) is -2.68. The van der Waals surface area contributed by atoms with Gasteiger partial charge in [-0.25, -0.2) is 0 Å². The molecule has 0 aromatic heterocycles. The highest BCUT2D eigenvalue weighted by atomic mass is 29.9. The highest BCUT2D eigenvalue weighted by Crippen LogP contribution is 2.17. The summed E-state index contributed by atoms with van der Waals surface area (Å²) in [4.78, 5) is 0. The van der Waals surface area contributed by atoms with Gasteiger partial charge in [-0.05, 0) is 19.6 Å². The number of hydrogen-bond acceptors (Lipinski definition) is 1. The maximum Gasteiger partial charge on any atom is 0.241 e. The normalized spacial score (nSPS) is 15.3. The van der Waals surface area contributed by atoms with Crippen LogP contribution in [0.25, 0.3) is 0 Å². The zero-order chi connectivity index (χ0) is 15.6. The van der Waals surface area contributed by atoms with Crippen LogP contribution >= 0.6 is 0 Å². The van der Waals surface area contributed by atoms with E-state index in [-0.39, 0.29) is 7.35 Å². The van der Waals surface area contributed by atoms with Crippen LogP contribution in [0.4, 0.5) is 0 Å². The number of hydrogen-bond donors (Lipinski definition) is 0. The molecule has 0 aliphatic rings. The van der Waals surface area contributed by atoms with Gasteiger partial charge >= 0.3 is 0 Å². The molecule has 0 aromatic rings. The van der Waals surface area contributed by atoms with E-state index in [1.165, 1.54) is 5.35 Å². The summed E-state index contributed by atoms with van der Waals surface area (Å²) in [5.74, 6) is 0.595. The van der Waals surface area contributed by atoms with Crippen molar-refractivity contribution in [2.45, 2.75) is 72.8 Å². The molecule has 0 saturated heterocycles. The molecular weight excluding hydrogens is 313 g/mol. The Labute approximate surface area is 128 Å². The van der Waals surface area contributed by atoms with E-state index in [4.69, 9.17) is 4.43 Å². The molecule has 112 valence electrons. The summed E-state index contributed by atoms with van der Waals surface area (Å²) in [6, 6.07) is 0. The van der Waals surface area contributed by atoms with Crippen LogP contribution in [0, 0.1) is 5.92 Å². The Morgan fingerprint density at radius 2 is 1.21 bits per heavy atom. The second-order valence-corrected chi connectivity index (χ2v) is 42.4. The fourth-order valence-corrected chi connectivity index (χ4v) is 48.1. The highest BCUT2D eigenvalue weighted by molar-refractivity contribution is 7.75. The van der Waals surface area contributed by atoms with Crippen LogP contribution in [0.5, 0.6) is 0 Å². The first-order chi connectivity index (χ1) is 8.14. The molecule has 6 heteroatoms. The maximum absolute atomic E-state index is 6.46. The first kappa shape index (κ1) is 19.8. The Bertz CT molecular complexity index is 303. The average molecular weight is 347 g/mol. The molecule has 0 fully saturated rings. The Morgan fingerprint density at radius 1 is 0.842 bits per heavy atom. The largest absolute Gasteiger partial charge is 0.552 e.